The molecule has 3 aromatic rings. The van der Waals surface area contributed by atoms with Gasteiger partial charge in [-0.25, -0.2) is 4.98 Å². The molecule has 8 heteroatoms. The summed E-state index contributed by atoms with van der Waals surface area (Å²) in [6.07, 6.45) is 0.114. The molecule has 2 N–H and O–H groups in total. The molecule has 0 unspecified atom stereocenters. The van der Waals surface area contributed by atoms with Crippen LogP contribution in [0.1, 0.15) is 18.7 Å². The van der Waals surface area contributed by atoms with E-state index in [1.807, 2.05) is 37.3 Å². The number of fused-ring (bicyclic) bond motifs is 2. The molecule has 0 fully saturated rings. The quantitative estimate of drug-likeness (QED) is 0.657. The topological polar surface area (TPSA) is 96.3 Å². The summed E-state index contributed by atoms with van der Waals surface area (Å²) in [4.78, 5) is 42.7. The summed E-state index contributed by atoms with van der Waals surface area (Å²) < 4.78 is 2.06. The van der Waals surface area contributed by atoms with Crippen LogP contribution in [0.15, 0.2) is 48.5 Å². The second-order valence-corrected chi connectivity index (χ2v) is 7.19. The van der Waals surface area contributed by atoms with Crippen LogP contribution in [0.2, 0.25) is 0 Å². The van der Waals surface area contributed by atoms with Crippen LogP contribution in [0.25, 0.3) is 11.0 Å². The Morgan fingerprint density at radius 1 is 1.10 bits per heavy atom. The normalized spacial score (nSPS) is 13.1. The molecule has 8 nitrogen and oxygen atoms in total. The van der Waals surface area contributed by atoms with Gasteiger partial charge in [-0.1, -0.05) is 24.3 Å². The monoisotopic (exact) mass is 405 g/mol. The summed E-state index contributed by atoms with van der Waals surface area (Å²) in [6.45, 7) is 2.95. The first kappa shape index (κ1) is 19.6. The van der Waals surface area contributed by atoms with E-state index in [2.05, 4.69) is 20.2 Å². The maximum atomic E-state index is 12.6. The summed E-state index contributed by atoms with van der Waals surface area (Å²) >= 11 is 0. The number of para-hydroxylation sites is 4. The Kier molecular flexibility index (Phi) is 5.47. The standard InChI is InChI=1S/C22H23N5O3/c1-15-24-16-6-2-4-8-18(16)26(15)13-12-23-20(28)10-11-22(30)27-14-21(29)25-17-7-3-5-9-19(17)27/h2-9H,10-14H2,1H3,(H,23,28)(H,25,29). The number of hydrogen-bond donors (Lipinski definition) is 2. The Morgan fingerprint density at radius 2 is 1.87 bits per heavy atom. The molecule has 0 saturated heterocycles. The zero-order valence-corrected chi connectivity index (χ0v) is 16.7. The van der Waals surface area contributed by atoms with Crippen molar-refractivity contribution in [1.82, 2.24) is 14.9 Å². The average molecular weight is 405 g/mol. The van der Waals surface area contributed by atoms with Crippen LogP contribution >= 0.6 is 0 Å². The number of imidazole rings is 1. The van der Waals surface area contributed by atoms with E-state index in [0.717, 1.165) is 16.9 Å². The van der Waals surface area contributed by atoms with Crippen molar-refractivity contribution in [2.75, 3.05) is 23.3 Å². The van der Waals surface area contributed by atoms with Crippen LogP contribution < -0.4 is 15.5 Å². The van der Waals surface area contributed by atoms with Gasteiger partial charge in [0.25, 0.3) is 0 Å². The van der Waals surface area contributed by atoms with Crippen LogP contribution in [-0.2, 0) is 20.9 Å². The van der Waals surface area contributed by atoms with Gasteiger partial charge in [0.1, 0.15) is 12.4 Å². The predicted octanol–water partition coefficient (Wildman–Crippen LogP) is 2.23. The molecule has 1 aliphatic rings. The van der Waals surface area contributed by atoms with Gasteiger partial charge in [0.05, 0.1) is 22.4 Å². The number of rotatable bonds is 6. The van der Waals surface area contributed by atoms with E-state index in [4.69, 9.17) is 0 Å². The maximum absolute atomic E-state index is 12.6. The van der Waals surface area contributed by atoms with Gasteiger partial charge in [-0.2, -0.15) is 0 Å². The van der Waals surface area contributed by atoms with Gasteiger partial charge < -0.3 is 20.1 Å². The smallest absolute Gasteiger partial charge is 0.244 e. The highest BCUT2D eigenvalue weighted by atomic mass is 16.2. The highest BCUT2D eigenvalue weighted by Crippen LogP contribution is 2.29. The van der Waals surface area contributed by atoms with Crippen molar-refractivity contribution in [3.63, 3.8) is 0 Å². The van der Waals surface area contributed by atoms with Crippen molar-refractivity contribution >= 4 is 40.1 Å². The van der Waals surface area contributed by atoms with Gasteiger partial charge in [-0.15, -0.1) is 0 Å². The maximum Gasteiger partial charge on any atom is 0.244 e. The molecule has 0 radical (unpaired) electrons. The number of carbonyl (C=O) groups is 3. The van der Waals surface area contributed by atoms with Crippen molar-refractivity contribution in [3.05, 3.63) is 54.4 Å². The molecule has 0 bridgehead atoms. The van der Waals surface area contributed by atoms with E-state index in [0.29, 0.717) is 24.5 Å². The number of hydrogen-bond acceptors (Lipinski definition) is 4. The predicted molar refractivity (Wildman–Crippen MR) is 114 cm³/mol. The summed E-state index contributed by atoms with van der Waals surface area (Å²) in [6, 6.07) is 15.0. The Hall–Kier alpha value is -3.68. The molecule has 3 amide bonds. The van der Waals surface area contributed by atoms with Gasteiger partial charge in [0, 0.05) is 25.9 Å². The fourth-order valence-electron chi connectivity index (χ4n) is 3.68. The number of anilines is 2. The van der Waals surface area contributed by atoms with Crippen LogP contribution in [0.4, 0.5) is 11.4 Å². The number of benzene rings is 2. The molecule has 154 valence electrons. The van der Waals surface area contributed by atoms with Gasteiger partial charge in [0.15, 0.2) is 0 Å². The summed E-state index contributed by atoms with van der Waals surface area (Å²) in [5.41, 5.74) is 3.22. The molecule has 1 aromatic heterocycles. The van der Waals surface area contributed by atoms with Gasteiger partial charge >= 0.3 is 0 Å². The van der Waals surface area contributed by atoms with E-state index in [1.165, 1.54) is 4.90 Å². The third-order valence-corrected chi connectivity index (χ3v) is 5.14. The van der Waals surface area contributed by atoms with E-state index in [1.54, 1.807) is 18.2 Å². The lowest BCUT2D eigenvalue weighted by Gasteiger charge is -2.29. The van der Waals surface area contributed by atoms with Crippen molar-refractivity contribution < 1.29 is 14.4 Å². The van der Waals surface area contributed by atoms with E-state index >= 15 is 0 Å². The Labute approximate surface area is 173 Å². The highest BCUT2D eigenvalue weighted by molar-refractivity contribution is 6.10. The number of aryl methyl sites for hydroxylation is 1. The second-order valence-electron chi connectivity index (χ2n) is 7.19. The first-order valence-electron chi connectivity index (χ1n) is 9.91. The van der Waals surface area contributed by atoms with Crippen LogP contribution in [0.3, 0.4) is 0 Å². The molecule has 4 rings (SSSR count). The minimum atomic E-state index is -0.246. The molecular formula is C22H23N5O3. The van der Waals surface area contributed by atoms with Gasteiger partial charge in [-0.3, -0.25) is 14.4 Å². The van der Waals surface area contributed by atoms with Crippen molar-refractivity contribution in [2.24, 2.45) is 0 Å². The molecular weight excluding hydrogens is 382 g/mol. The number of nitrogens with zero attached hydrogens (tertiary/aromatic N) is 3. The zero-order chi connectivity index (χ0) is 21.1. The minimum Gasteiger partial charge on any atom is -0.354 e. The number of nitrogens with one attached hydrogen (secondary N) is 2. The molecule has 0 atom stereocenters. The van der Waals surface area contributed by atoms with E-state index in [-0.39, 0.29) is 37.1 Å². The van der Waals surface area contributed by atoms with E-state index < -0.39 is 0 Å². The SMILES string of the molecule is Cc1nc2ccccc2n1CCNC(=O)CCC(=O)N1CC(=O)Nc2ccccc21. The summed E-state index contributed by atoms with van der Waals surface area (Å²) in [7, 11) is 0. The highest BCUT2D eigenvalue weighted by Gasteiger charge is 2.26. The second kappa shape index (κ2) is 8.36. The molecule has 0 aliphatic carbocycles. The first-order valence-corrected chi connectivity index (χ1v) is 9.91. The minimum absolute atomic E-state index is 0.0373. The number of amides is 3. The average Bonchev–Trinajstić information content (AvgIpc) is 3.06. The Balaban J connectivity index is 1.29. The van der Waals surface area contributed by atoms with Crippen LogP contribution in [0.5, 0.6) is 0 Å². The number of carbonyl (C=O) groups excluding carboxylic acids is 3. The van der Waals surface area contributed by atoms with Crippen molar-refractivity contribution in [2.45, 2.75) is 26.3 Å². The molecule has 2 aromatic carbocycles. The molecule has 0 saturated carbocycles. The summed E-state index contributed by atoms with van der Waals surface area (Å²) in [5, 5.41) is 5.61. The lowest BCUT2D eigenvalue weighted by molar-refractivity contribution is -0.125. The molecule has 30 heavy (non-hydrogen) atoms. The zero-order valence-electron chi connectivity index (χ0n) is 16.7. The van der Waals surface area contributed by atoms with Crippen LogP contribution in [-0.4, -0.2) is 40.4 Å². The Bertz CT molecular complexity index is 1120. The third-order valence-electron chi connectivity index (χ3n) is 5.14. The van der Waals surface area contributed by atoms with Crippen molar-refractivity contribution in [3.8, 4) is 0 Å². The van der Waals surface area contributed by atoms with Crippen molar-refractivity contribution in [1.29, 1.82) is 0 Å². The van der Waals surface area contributed by atoms with Crippen LogP contribution in [0, 0.1) is 6.92 Å². The fourth-order valence-corrected chi connectivity index (χ4v) is 3.68. The number of aromatic nitrogens is 2. The molecule has 1 aliphatic heterocycles. The lowest BCUT2D eigenvalue weighted by Crippen LogP contribution is -2.42. The van der Waals surface area contributed by atoms with E-state index in [9.17, 15) is 14.4 Å². The Morgan fingerprint density at radius 3 is 2.73 bits per heavy atom. The largest absolute Gasteiger partial charge is 0.354 e. The summed E-state index contributed by atoms with van der Waals surface area (Å²) in [5.74, 6) is 0.209. The molecule has 2 heterocycles. The lowest BCUT2D eigenvalue weighted by atomic mass is 10.1. The van der Waals surface area contributed by atoms with Gasteiger partial charge in [0.2, 0.25) is 17.7 Å². The fraction of sp³-hybridized carbons (Fsp3) is 0.273. The first-order chi connectivity index (χ1) is 14.5. The van der Waals surface area contributed by atoms with Gasteiger partial charge in [-0.05, 0) is 31.2 Å². The molecule has 0 spiro atoms. The third kappa shape index (κ3) is 4.03.